The zero-order valence-electron chi connectivity index (χ0n) is 17.9. The molecule has 0 N–H and O–H groups in total. The molecule has 4 rings (SSSR count). The van der Waals surface area contributed by atoms with E-state index in [1.807, 2.05) is 13.1 Å². The molecule has 7 nitrogen and oxygen atoms in total. The van der Waals surface area contributed by atoms with Gasteiger partial charge in [0.1, 0.15) is 17.2 Å². The molecule has 4 aromatic rings. The summed E-state index contributed by atoms with van der Waals surface area (Å²) in [6, 6.07) is 9.04. The summed E-state index contributed by atoms with van der Waals surface area (Å²) in [4.78, 5) is 13.2. The van der Waals surface area contributed by atoms with Crippen LogP contribution in [0.3, 0.4) is 0 Å². The lowest BCUT2D eigenvalue weighted by atomic mass is 9.94. The van der Waals surface area contributed by atoms with E-state index in [2.05, 4.69) is 20.1 Å². The molecule has 0 saturated heterocycles. The van der Waals surface area contributed by atoms with Crippen molar-refractivity contribution in [1.29, 1.82) is 0 Å². The fourth-order valence-corrected chi connectivity index (χ4v) is 3.61. The van der Waals surface area contributed by atoms with Gasteiger partial charge in [-0.25, -0.2) is 15.0 Å². The Labute approximate surface area is 182 Å². The third-order valence-corrected chi connectivity index (χ3v) is 5.17. The summed E-state index contributed by atoms with van der Waals surface area (Å²) < 4.78 is 49.2. The van der Waals surface area contributed by atoms with E-state index in [0.717, 1.165) is 11.8 Å². The number of nitrogens with zero attached hydrogens (tertiary/aromatic N) is 6. The number of aromatic nitrogens is 6. The van der Waals surface area contributed by atoms with Gasteiger partial charge in [0.25, 0.3) is 0 Å². The van der Waals surface area contributed by atoms with Crippen molar-refractivity contribution in [3.8, 4) is 23.1 Å². The van der Waals surface area contributed by atoms with Crippen LogP contribution in [0.2, 0.25) is 0 Å². The first-order chi connectivity index (χ1) is 15.2. The molecule has 0 aliphatic carbocycles. The lowest BCUT2D eigenvalue weighted by Gasteiger charge is -2.17. The van der Waals surface area contributed by atoms with Crippen molar-refractivity contribution in [2.45, 2.75) is 25.9 Å². The number of pyridine rings is 1. The summed E-state index contributed by atoms with van der Waals surface area (Å²) in [6.07, 6.45) is -0.954. The Balaban J connectivity index is 1.72. The predicted molar refractivity (Wildman–Crippen MR) is 112 cm³/mol. The maximum Gasteiger partial charge on any atom is 0.416 e. The first-order valence-corrected chi connectivity index (χ1v) is 9.82. The molecule has 10 heteroatoms. The van der Waals surface area contributed by atoms with E-state index in [1.54, 1.807) is 43.1 Å². The minimum Gasteiger partial charge on any atom is -0.479 e. The average Bonchev–Trinajstić information content (AvgIpc) is 3.37. The van der Waals surface area contributed by atoms with Crippen LogP contribution >= 0.6 is 0 Å². The van der Waals surface area contributed by atoms with Crippen LogP contribution in [0.25, 0.3) is 17.2 Å². The Morgan fingerprint density at radius 2 is 1.81 bits per heavy atom. The summed E-state index contributed by atoms with van der Waals surface area (Å²) in [5, 5.41) is 4.39. The molecular formula is C22H21F3N6O. The number of halogens is 3. The van der Waals surface area contributed by atoms with E-state index < -0.39 is 17.7 Å². The first-order valence-electron chi connectivity index (χ1n) is 9.82. The van der Waals surface area contributed by atoms with Crippen LogP contribution in [0.4, 0.5) is 13.2 Å². The van der Waals surface area contributed by atoms with Gasteiger partial charge in [-0.1, -0.05) is 25.1 Å². The van der Waals surface area contributed by atoms with E-state index in [1.165, 1.54) is 23.9 Å². The number of hydrogen-bond donors (Lipinski definition) is 0. The van der Waals surface area contributed by atoms with Crippen molar-refractivity contribution in [2.24, 2.45) is 7.05 Å². The summed E-state index contributed by atoms with van der Waals surface area (Å²) in [6.45, 7) is 3.55. The number of hydrogen-bond acceptors (Lipinski definition) is 5. The van der Waals surface area contributed by atoms with E-state index >= 15 is 0 Å². The van der Waals surface area contributed by atoms with Crippen molar-refractivity contribution in [2.75, 3.05) is 7.11 Å². The first kappa shape index (κ1) is 21.5. The van der Waals surface area contributed by atoms with E-state index in [0.29, 0.717) is 28.9 Å². The molecule has 0 saturated carbocycles. The molecule has 1 aromatic carbocycles. The van der Waals surface area contributed by atoms with Crippen molar-refractivity contribution in [3.05, 3.63) is 71.6 Å². The zero-order valence-corrected chi connectivity index (χ0v) is 17.9. The highest BCUT2D eigenvalue weighted by Crippen LogP contribution is 2.37. The molecule has 32 heavy (non-hydrogen) atoms. The standard InChI is InChI=1S/C22H21F3N6O/c1-13-11-31(12-26-13)18-10-9-17(27-21(18)32-4)19-28-20(30(3)29-19)14(2)15-7-5-6-8-16(15)22(23,24)25/h5-12,14H,1-4H3. The van der Waals surface area contributed by atoms with Crippen LogP contribution in [0, 0.1) is 6.92 Å². The fraction of sp³-hybridized carbons (Fsp3) is 0.273. The van der Waals surface area contributed by atoms with Crippen molar-refractivity contribution in [3.63, 3.8) is 0 Å². The summed E-state index contributed by atoms with van der Waals surface area (Å²) in [7, 11) is 3.16. The van der Waals surface area contributed by atoms with Gasteiger partial charge in [0.05, 0.1) is 24.7 Å². The summed E-state index contributed by atoms with van der Waals surface area (Å²) in [5.41, 5.74) is 1.44. The van der Waals surface area contributed by atoms with Crippen LogP contribution < -0.4 is 4.74 Å². The molecule has 166 valence electrons. The van der Waals surface area contributed by atoms with Gasteiger partial charge in [0, 0.05) is 19.2 Å². The van der Waals surface area contributed by atoms with Gasteiger partial charge in [0.2, 0.25) is 5.88 Å². The van der Waals surface area contributed by atoms with Gasteiger partial charge in [-0.05, 0) is 30.7 Å². The van der Waals surface area contributed by atoms with E-state index in [-0.39, 0.29) is 5.56 Å². The molecule has 0 radical (unpaired) electrons. The highest BCUT2D eigenvalue weighted by Gasteiger charge is 2.35. The highest BCUT2D eigenvalue weighted by atomic mass is 19.4. The van der Waals surface area contributed by atoms with E-state index in [4.69, 9.17) is 4.74 Å². The van der Waals surface area contributed by atoms with Gasteiger partial charge in [0.15, 0.2) is 5.82 Å². The van der Waals surface area contributed by atoms with Crippen LogP contribution in [0.1, 0.15) is 35.5 Å². The van der Waals surface area contributed by atoms with Crippen LogP contribution in [0.5, 0.6) is 5.88 Å². The second kappa shape index (κ2) is 8.10. The molecule has 0 bridgehead atoms. The molecule has 3 aromatic heterocycles. The maximum atomic E-state index is 13.5. The summed E-state index contributed by atoms with van der Waals surface area (Å²) in [5.74, 6) is 0.413. The van der Waals surface area contributed by atoms with Crippen molar-refractivity contribution < 1.29 is 17.9 Å². The number of imidazole rings is 1. The zero-order chi connectivity index (χ0) is 23.0. The average molecular weight is 442 g/mol. The van der Waals surface area contributed by atoms with Gasteiger partial charge in [-0.15, -0.1) is 5.10 Å². The number of alkyl halides is 3. The van der Waals surface area contributed by atoms with Crippen LogP contribution in [0.15, 0.2) is 48.9 Å². The van der Waals surface area contributed by atoms with Gasteiger partial charge in [-0.2, -0.15) is 13.2 Å². The fourth-order valence-electron chi connectivity index (χ4n) is 3.61. The molecule has 0 amide bonds. The molecule has 0 aliphatic rings. The Morgan fingerprint density at radius 3 is 2.47 bits per heavy atom. The minimum absolute atomic E-state index is 0.137. The van der Waals surface area contributed by atoms with Gasteiger partial charge >= 0.3 is 6.18 Å². The van der Waals surface area contributed by atoms with E-state index in [9.17, 15) is 13.2 Å². The smallest absolute Gasteiger partial charge is 0.416 e. The summed E-state index contributed by atoms with van der Waals surface area (Å²) >= 11 is 0. The maximum absolute atomic E-state index is 13.5. The Bertz CT molecular complexity index is 1260. The van der Waals surface area contributed by atoms with Gasteiger partial charge in [-0.3, -0.25) is 4.68 Å². The van der Waals surface area contributed by atoms with Crippen LogP contribution in [-0.4, -0.2) is 36.4 Å². The Kier molecular flexibility index (Phi) is 5.45. The lowest BCUT2D eigenvalue weighted by molar-refractivity contribution is -0.138. The monoisotopic (exact) mass is 442 g/mol. The van der Waals surface area contributed by atoms with Crippen LogP contribution in [-0.2, 0) is 13.2 Å². The highest BCUT2D eigenvalue weighted by molar-refractivity contribution is 5.55. The SMILES string of the molecule is COc1nc(-c2nc(C(C)c3ccccc3C(F)(F)F)n(C)n2)ccc1-n1cnc(C)c1. The number of benzene rings is 1. The van der Waals surface area contributed by atoms with Crippen molar-refractivity contribution >= 4 is 0 Å². The normalized spacial score (nSPS) is 12.7. The molecular weight excluding hydrogens is 421 g/mol. The quantitative estimate of drug-likeness (QED) is 0.454. The molecule has 0 aliphatic heterocycles. The third-order valence-electron chi connectivity index (χ3n) is 5.17. The molecule has 0 spiro atoms. The number of ether oxygens (including phenoxy) is 1. The molecule has 3 heterocycles. The second-order valence-corrected chi connectivity index (χ2v) is 7.37. The Hall–Kier alpha value is -3.69. The number of aryl methyl sites for hydroxylation is 2. The topological polar surface area (TPSA) is 70.7 Å². The Morgan fingerprint density at radius 1 is 1.06 bits per heavy atom. The molecule has 1 atom stereocenters. The number of methoxy groups -OCH3 is 1. The van der Waals surface area contributed by atoms with Gasteiger partial charge < -0.3 is 9.30 Å². The second-order valence-electron chi connectivity index (χ2n) is 7.37. The third kappa shape index (κ3) is 3.95. The number of rotatable bonds is 5. The largest absolute Gasteiger partial charge is 0.479 e. The molecule has 1 unspecified atom stereocenters. The predicted octanol–water partition coefficient (Wildman–Crippen LogP) is 4.55. The molecule has 0 fully saturated rings. The lowest BCUT2D eigenvalue weighted by Crippen LogP contribution is -2.13. The minimum atomic E-state index is -4.46. The van der Waals surface area contributed by atoms with Crippen molar-refractivity contribution in [1.82, 2.24) is 29.3 Å².